The molecule has 3 heterocycles. The molecule has 1 aliphatic heterocycles. The number of nitrogens with zero attached hydrogens (tertiary/aromatic N) is 5. The molecule has 1 aliphatic rings. The van der Waals surface area contributed by atoms with Crippen molar-refractivity contribution >= 4 is 11.7 Å². The van der Waals surface area contributed by atoms with E-state index in [0.717, 1.165) is 5.56 Å². The monoisotopic (exact) mass is 440 g/mol. The van der Waals surface area contributed by atoms with Gasteiger partial charge in [0.1, 0.15) is 29.0 Å². The van der Waals surface area contributed by atoms with Gasteiger partial charge in [-0.25, -0.2) is 0 Å². The first-order valence-electron chi connectivity index (χ1n) is 10.3. The fourth-order valence-corrected chi connectivity index (χ4v) is 3.65. The van der Waals surface area contributed by atoms with Gasteiger partial charge in [-0.3, -0.25) is 9.78 Å². The third-order valence-corrected chi connectivity index (χ3v) is 5.30. The second-order valence-corrected chi connectivity index (χ2v) is 7.53. The third kappa shape index (κ3) is 4.45. The molecule has 1 aromatic carbocycles. The molecule has 164 valence electrons. The van der Waals surface area contributed by atoms with Crippen LogP contribution >= 0.6 is 0 Å². The summed E-state index contributed by atoms with van der Waals surface area (Å²) in [5.41, 5.74) is 7.80. The number of nitrogens with two attached hydrogens (primary N) is 1. The molecule has 0 aliphatic carbocycles. The van der Waals surface area contributed by atoms with Crippen molar-refractivity contribution in [3.05, 3.63) is 71.0 Å². The predicted molar refractivity (Wildman–Crippen MR) is 119 cm³/mol. The maximum Gasteiger partial charge on any atom is 0.267 e. The number of ether oxygens (including phenoxy) is 1. The van der Waals surface area contributed by atoms with Crippen LogP contribution in [0.3, 0.4) is 0 Å². The van der Waals surface area contributed by atoms with Gasteiger partial charge >= 0.3 is 0 Å². The van der Waals surface area contributed by atoms with Gasteiger partial charge in [-0.15, -0.1) is 0 Å². The van der Waals surface area contributed by atoms with Gasteiger partial charge in [0, 0.05) is 31.3 Å². The van der Waals surface area contributed by atoms with Crippen molar-refractivity contribution in [3.63, 3.8) is 0 Å². The van der Waals surface area contributed by atoms with Crippen LogP contribution in [-0.4, -0.2) is 46.8 Å². The molecule has 0 bridgehead atoms. The van der Waals surface area contributed by atoms with Crippen molar-refractivity contribution < 1.29 is 14.6 Å². The van der Waals surface area contributed by atoms with E-state index in [1.165, 1.54) is 6.20 Å². The zero-order valence-electron chi connectivity index (χ0n) is 17.6. The lowest BCUT2D eigenvalue weighted by atomic mass is 9.95. The fraction of sp³-hybridized carbons (Fsp3) is 0.208. The van der Waals surface area contributed by atoms with E-state index in [9.17, 15) is 20.4 Å². The number of amides is 1. The number of pyridine rings is 2. The molecule has 0 unspecified atom stereocenters. The summed E-state index contributed by atoms with van der Waals surface area (Å²) >= 11 is 0. The van der Waals surface area contributed by atoms with Crippen LogP contribution in [0.25, 0.3) is 11.1 Å². The molecule has 4 rings (SSSR count). The van der Waals surface area contributed by atoms with Gasteiger partial charge in [0.2, 0.25) is 5.88 Å². The van der Waals surface area contributed by atoms with E-state index in [0.29, 0.717) is 36.5 Å². The minimum Gasteiger partial charge on any atom is -0.476 e. The lowest BCUT2D eigenvalue weighted by Gasteiger charge is -2.37. The highest BCUT2D eigenvalue weighted by Crippen LogP contribution is 2.38. The number of nitriles is 2. The van der Waals surface area contributed by atoms with Gasteiger partial charge in [0.05, 0.1) is 12.7 Å². The molecule has 1 saturated heterocycles. The molecule has 1 fully saturated rings. The number of rotatable bonds is 7. The average molecular weight is 440 g/mol. The Morgan fingerprint density at radius 1 is 1.18 bits per heavy atom. The van der Waals surface area contributed by atoms with Gasteiger partial charge in [0.25, 0.3) is 5.91 Å². The molecule has 9 nitrogen and oxygen atoms in total. The Morgan fingerprint density at radius 2 is 1.91 bits per heavy atom. The number of carbonyl (C=O) groups excluding carboxylic acids is 1. The van der Waals surface area contributed by atoms with Crippen LogP contribution < -0.4 is 15.4 Å². The number of hydrogen-bond acceptors (Lipinski definition) is 8. The number of β-amino-alcohol motifs (C(OH)–C–C–N with tert-alkyl or cyclic N) is 1. The second kappa shape index (κ2) is 9.35. The van der Waals surface area contributed by atoms with E-state index < -0.39 is 12.0 Å². The smallest absolute Gasteiger partial charge is 0.267 e. The Kier molecular flexibility index (Phi) is 6.16. The number of primary amides is 1. The van der Waals surface area contributed by atoms with Crippen LogP contribution in [0.15, 0.2) is 48.7 Å². The zero-order chi connectivity index (χ0) is 23.4. The Morgan fingerprint density at radius 3 is 2.55 bits per heavy atom. The van der Waals surface area contributed by atoms with E-state index in [1.807, 2.05) is 30.3 Å². The van der Waals surface area contributed by atoms with Crippen LogP contribution in [0.4, 0.5) is 5.82 Å². The summed E-state index contributed by atoms with van der Waals surface area (Å²) in [7, 11) is 0. The normalized spacial score (nSPS) is 13.0. The summed E-state index contributed by atoms with van der Waals surface area (Å²) in [5.74, 6) is -0.140. The number of carbonyl (C=O) groups is 1. The van der Waals surface area contributed by atoms with Gasteiger partial charge in [-0.05, 0) is 23.3 Å². The topological polar surface area (TPSA) is 149 Å². The summed E-state index contributed by atoms with van der Waals surface area (Å²) < 4.78 is 5.91. The van der Waals surface area contributed by atoms with Gasteiger partial charge in [-0.2, -0.15) is 15.5 Å². The van der Waals surface area contributed by atoms with Crippen molar-refractivity contribution in [2.75, 3.05) is 24.6 Å². The van der Waals surface area contributed by atoms with Crippen molar-refractivity contribution in [3.8, 4) is 29.1 Å². The molecule has 2 aromatic heterocycles. The van der Waals surface area contributed by atoms with Gasteiger partial charge in [-0.1, -0.05) is 30.3 Å². The zero-order valence-corrected chi connectivity index (χ0v) is 17.6. The third-order valence-electron chi connectivity index (χ3n) is 5.30. The summed E-state index contributed by atoms with van der Waals surface area (Å²) in [6, 6.07) is 16.8. The highest BCUT2D eigenvalue weighted by Gasteiger charge is 2.31. The number of aromatic nitrogens is 2. The molecule has 0 radical (unpaired) electrons. The average Bonchev–Trinajstić information content (AvgIpc) is 2.82. The van der Waals surface area contributed by atoms with E-state index in [4.69, 9.17) is 10.5 Å². The van der Waals surface area contributed by atoms with Crippen molar-refractivity contribution in [2.24, 2.45) is 5.73 Å². The summed E-state index contributed by atoms with van der Waals surface area (Å²) in [6.07, 6.45) is 1.43. The maximum atomic E-state index is 11.4. The first-order chi connectivity index (χ1) is 16.0. The molecular weight excluding hydrogens is 420 g/mol. The van der Waals surface area contributed by atoms with Gasteiger partial charge < -0.3 is 20.5 Å². The Bertz CT molecular complexity index is 1270. The highest BCUT2D eigenvalue weighted by atomic mass is 16.5. The quantitative estimate of drug-likeness (QED) is 0.565. The second-order valence-electron chi connectivity index (χ2n) is 7.53. The Labute approximate surface area is 190 Å². The minimum absolute atomic E-state index is 0.107. The number of anilines is 1. The molecule has 0 atom stereocenters. The standard InChI is InChI=1S/C24H20N6O3/c25-11-18-21(16-4-2-1-3-5-16)19(12-26)24(29-23(18)30-13-17(31)14-30)33-9-7-15-6-8-28-20(10-15)22(27)32/h1-6,8,10,17,31H,7,9,13-14H2,(H2,27,32). The van der Waals surface area contributed by atoms with Crippen molar-refractivity contribution in [1.29, 1.82) is 10.5 Å². The fourth-order valence-electron chi connectivity index (χ4n) is 3.65. The molecule has 3 N–H and O–H groups in total. The van der Waals surface area contributed by atoms with Crippen LogP contribution in [0, 0.1) is 22.7 Å². The SMILES string of the molecule is N#Cc1c(OCCc2ccnc(C(N)=O)c2)nc(N2CC(O)C2)c(C#N)c1-c1ccccc1. The van der Waals surface area contributed by atoms with E-state index in [1.54, 1.807) is 17.0 Å². The minimum atomic E-state index is -0.618. The van der Waals surface area contributed by atoms with E-state index >= 15 is 0 Å². The van der Waals surface area contributed by atoms with Gasteiger partial charge in [0.15, 0.2) is 5.82 Å². The van der Waals surface area contributed by atoms with Crippen LogP contribution in [0.2, 0.25) is 0 Å². The molecule has 0 saturated carbocycles. The number of aliphatic hydroxyl groups excluding tert-OH is 1. The summed E-state index contributed by atoms with van der Waals surface area (Å²) in [4.78, 5) is 21.6. The van der Waals surface area contributed by atoms with E-state index in [2.05, 4.69) is 22.1 Å². The molecular formula is C24H20N6O3. The van der Waals surface area contributed by atoms with Crippen LogP contribution in [0.1, 0.15) is 27.2 Å². The van der Waals surface area contributed by atoms with Crippen molar-refractivity contribution in [1.82, 2.24) is 9.97 Å². The molecule has 33 heavy (non-hydrogen) atoms. The number of benzene rings is 1. The summed E-state index contributed by atoms with van der Waals surface area (Å²) in [5, 5.41) is 29.6. The predicted octanol–water partition coefficient (Wildman–Crippen LogP) is 1.79. The lowest BCUT2D eigenvalue weighted by Crippen LogP contribution is -2.51. The lowest BCUT2D eigenvalue weighted by molar-refractivity contribution is 0.0995. The Hall–Kier alpha value is -4.47. The first-order valence-corrected chi connectivity index (χ1v) is 10.3. The molecule has 1 amide bonds. The number of hydrogen-bond donors (Lipinski definition) is 2. The summed E-state index contributed by atoms with van der Waals surface area (Å²) in [6.45, 7) is 0.856. The molecule has 3 aromatic rings. The van der Waals surface area contributed by atoms with Crippen LogP contribution in [-0.2, 0) is 6.42 Å². The molecule has 9 heteroatoms. The maximum absolute atomic E-state index is 11.4. The first kappa shape index (κ1) is 21.8. The van der Waals surface area contributed by atoms with Crippen LogP contribution in [0.5, 0.6) is 5.88 Å². The van der Waals surface area contributed by atoms with E-state index in [-0.39, 0.29) is 29.3 Å². The highest BCUT2D eigenvalue weighted by molar-refractivity contribution is 5.90. The van der Waals surface area contributed by atoms with Crippen molar-refractivity contribution in [2.45, 2.75) is 12.5 Å². The Balaban J connectivity index is 1.71. The largest absolute Gasteiger partial charge is 0.476 e. The molecule has 0 spiro atoms. The number of aliphatic hydroxyl groups is 1.